The highest BCUT2D eigenvalue weighted by atomic mass is 16.4. The zero-order valence-corrected chi connectivity index (χ0v) is 20.4. The maximum absolute atomic E-state index is 12.9. The zero-order chi connectivity index (χ0) is 28.8. The number of benzene rings is 1. The van der Waals surface area contributed by atoms with Crippen molar-refractivity contribution in [1.29, 1.82) is 0 Å². The molecule has 0 aliphatic heterocycles. The quantitative estimate of drug-likeness (QED) is 0.100. The third-order valence-electron chi connectivity index (χ3n) is 5.26. The molecule has 5 amide bonds. The molecule has 11 N–H and O–H groups in total. The van der Waals surface area contributed by atoms with Gasteiger partial charge in [-0.15, -0.1) is 0 Å². The normalized spacial score (nSPS) is 13.7. The Kier molecular flexibility index (Phi) is 12.9. The van der Waals surface area contributed by atoms with Crippen molar-refractivity contribution in [2.75, 3.05) is 0 Å². The molecule has 1 aromatic carbocycles. The van der Waals surface area contributed by atoms with Crippen LogP contribution >= 0.6 is 0 Å². The SMILES string of the molecule is NC(=O)CCC(N)C(=O)NC(CC(=O)O)C(=O)NC(CCC(N)=O)C(=O)NC(Cc1ccccc1)C(=O)O. The molecule has 15 heteroatoms. The van der Waals surface area contributed by atoms with Crippen LogP contribution < -0.4 is 33.2 Å². The molecule has 0 fully saturated rings. The number of hydrogen-bond acceptors (Lipinski definition) is 8. The van der Waals surface area contributed by atoms with E-state index in [-0.39, 0.29) is 32.1 Å². The van der Waals surface area contributed by atoms with Crippen molar-refractivity contribution in [3.63, 3.8) is 0 Å². The first kappa shape index (κ1) is 31.5. The second kappa shape index (κ2) is 15.6. The Balaban J connectivity index is 3.03. The fraction of sp³-hybridized carbons (Fsp3) is 0.435. The molecule has 1 rings (SSSR count). The fourth-order valence-electron chi connectivity index (χ4n) is 3.24. The molecule has 1 aromatic rings. The van der Waals surface area contributed by atoms with Crippen LogP contribution in [0, 0.1) is 0 Å². The van der Waals surface area contributed by atoms with E-state index in [0.29, 0.717) is 5.56 Å². The van der Waals surface area contributed by atoms with Crippen molar-refractivity contribution in [3.8, 4) is 0 Å². The van der Waals surface area contributed by atoms with Crippen LogP contribution in [0.1, 0.15) is 37.7 Å². The number of carbonyl (C=O) groups is 7. The van der Waals surface area contributed by atoms with Crippen LogP contribution in [0.3, 0.4) is 0 Å². The maximum atomic E-state index is 12.9. The summed E-state index contributed by atoms with van der Waals surface area (Å²) in [6.45, 7) is 0. The molecule has 0 aliphatic carbocycles. The van der Waals surface area contributed by atoms with Gasteiger partial charge in [0.25, 0.3) is 0 Å². The van der Waals surface area contributed by atoms with Gasteiger partial charge in [0.15, 0.2) is 0 Å². The summed E-state index contributed by atoms with van der Waals surface area (Å²) in [5.74, 6) is -7.38. The van der Waals surface area contributed by atoms with Crippen LogP contribution in [0.5, 0.6) is 0 Å². The van der Waals surface area contributed by atoms with Gasteiger partial charge in [0, 0.05) is 19.3 Å². The first-order chi connectivity index (χ1) is 17.8. The summed E-state index contributed by atoms with van der Waals surface area (Å²) < 4.78 is 0. The average Bonchev–Trinajstić information content (AvgIpc) is 2.83. The number of hydrogen-bond donors (Lipinski definition) is 8. The Morgan fingerprint density at radius 1 is 0.711 bits per heavy atom. The number of nitrogens with one attached hydrogen (secondary N) is 3. The van der Waals surface area contributed by atoms with Crippen molar-refractivity contribution < 1.29 is 43.8 Å². The molecule has 15 nitrogen and oxygen atoms in total. The lowest BCUT2D eigenvalue weighted by Crippen LogP contribution is -2.57. The number of rotatable bonds is 17. The van der Waals surface area contributed by atoms with Crippen molar-refractivity contribution in [1.82, 2.24) is 16.0 Å². The molecule has 0 heterocycles. The highest BCUT2D eigenvalue weighted by Crippen LogP contribution is 2.07. The molecule has 4 atom stereocenters. The average molecular weight is 537 g/mol. The fourth-order valence-corrected chi connectivity index (χ4v) is 3.24. The molecule has 0 saturated heterocycles. The smallest absolute Gasteiger partial charge is 0.326 e. The summed E-state index contributed by atoms with van der Waals surface area (Å²) in [6.07, 6.45) is -2.08. The summed E-state index contributed by atoms with van der Waals surface area (Å²) >= 11 is 0. The predicted octanol–water partition coefficient (Wildman–Crippen LogP) is -2.90. The van der Waals surface area contributed by atoms with Gasteiger partial charge in [0.1, 0.15) is 18.1 Å². The number of carboxylic acids is 2. The summed E-state index contributed by atoms with van der Waals surface area (Å²) in [5, 5.41) is 25.4. The van der Waals surface area contributed by atoms with Gasteiger partial charge >= 0.3 is 11.9 Å². The summed E-state index contributed by atoms with van der Waals surface area (Å²) in [4.78, 5) is 83.3. The number of carbonyl (C=O) groups excluding carboxylic acids is 5. The predicted molar refractivity (Wildman–Crippen MR) is 131 cm³/mol. The third-order valence-corrected chi connectivity index (χ3v) is 5.26. The maximum Gasteiger partial charge on any atom is 0.326 e. The highest BCUT2D eigenvalue weighted by molar-refractivity contribution is 5.96. The standard InChI is InChI=1S/C23H32N6O9/c24-13(6-8-17(25)30)20(34)28-15(11-19(32)33)22(36)27-14(7-9-18(26)31)21(35)29-16(23(37)38)10-12-4-2-1-3-5-12/h1-5,13-16H,6-11,24H2,(H2,25,30)(H2,26,31)(H,27,36)(H,28,34)(H,29,35)(H,32,33)(H,37,38). The van der Waals surface area contributed by atoms with Crippen LogP contribution in [-0.4, -0.2) is 75.9 Å². The van der Waals surface area contributed by atoms with E-state index in [1.54, 1.807) is 30.3 Å². The Morgan fingerprint density at radius 3 is 1.74 bits per heavy atom. The third kappa shape index (κ3) is 11.9. The minimum absolute atomic E-state index is 0.0840. The van der Waals surface area contributed by atoms with Crippen LogP contribution in [0.15, 0.2) is 30.3 Å². The first-order valence-electron chi connectivity index (χ1n) is 11.5. The summed E-state index contributed by atoms with van der Waals surface area (Å²) in [7, 11) is 0. The van der Waals surface area contributed by atoms with E-state index in [0.717, 1.165) is 0 Å². The number of amides is 5. The van der Waals surface area contributed by atoms with E-state index in [4.69, 9.17) is 17.2 Å². The van der Waals surface area contributed by atoms with Gasteiger partial charge in [-0.1, -0.05) is 30.3 Å². The minimum Gasteiger partial charge on any atom is -0.481 e. The van der Waals surface area contributed by atoms with Gasteiger partial charge in [-0.3, -0.25) is 28.8 Å². The lowest BCUT2D eigenvalue weighted by Gasteiger charge is -2.24. The largest absolute Gasteiger partial charge is 0.481 e. The van der Waals surface area contributed by atoms with Gasteiger partial charge in [-0.2, -0.15) is 0 Å². The molecular weight excluding hydrogens is 504 g/mol. The van der Waals surface area contributed by atoms with Crippen molar-refractivity contribution >= 4 is 41.5 Å². The lowest BCUT2D eigenvalue weighted by molar-refractivity contribution is -0.143. The lowest BCUT2D eigenvalue weighted by atomic mass is 10.0. The zero-order valence-electron chi connectivity index (χ0n) is 20.4. The van der Waals surface area contributed by atoms with Gasteiger partial charge in [0.2, 0.25) is 29.5 Å². The monoisotopic (exact) mass is 536 g/mol. The minimum atomic E-state index is -1.69. The van der Waals surface area contributed by atoms with Crippen molar-refractivity contribution in [3.05, 3.63) is 35.9 Å². The van der Waals surface area contributed by atoms with Crippen LogP contribution in [-0.2, 0) is 40.0 Å². The summed E-state index contributed by atoms with van der Waals surface area (Å²) in [5.41, 5.74) is 16.4. The second-order valence-corrected chi connectivity index (χ2v) is 8.43. The number of aliphatic carboxylic acids is 2. The Bertz CT molecular complexity index is 1030. The Morgan fingerprint density at radius 2 is 1.21 bits per heavy atom. The van der Waals surface area contributed by atoms with Crippen molar-refractivity contribution in [2.24, 2.45) is 17.2 Å². The first-order valence-corrected chi connectivity index (χ1v) is 11.5. The van der Waals surface area contributed by atoms with E-state index < -0.39 is 72.1 Å². The molecule has 208 valence electrons. The van der Waals surface area contributed by atoms with E-state index >= 15 is 0 Å². The molecule has 0 saturated carbocycles. The number of carboxylic acid groups (broad SMARTS) is 2. The molecule has 0 aliphatic rings. The van der Waals surface area contributed by atoms with E-state index in [9.17, 15) is 43.8 Å². The molecule has 4 unspecified atom stereocenters. The summed E-state index contributed by atoms with van der Waals surface area (Å²) in [6, 6.07) is 2.54. The highest BCUT2D eigenvalue weighted by Gasteiger charge is 2.31. The van der Waals surface area contributed by atoms with Gasteiger partial charge in [-0.25, -0.2) is 4.79 Å². The van der Waals surface area contributed by atoms with Crippen LogP contribution in [0.2, 0.25) is 0 Å². The molecule has 0 aromatic heterocycles. The van der Waals surface area contributed by atoms with E-state index in [1.807, 2.05) is 0 Å². The van der Waals surface area contributed by atoms with Gasteiger partial charge in [-0.05, 0) is 18.4 Å². The molecule has 38 heavy (non-hydrogen) atoms. The Labute approximate surface area is 217 Å². The Hall–Kier alpha value is -4.53. The molecule has 0 radical (unpaired) electrons. The van der Waals surface area contributed by atoms with Crippen molar-refractivity contribution in [2.45, 2.75) is 62.7 Å². The topological polar surface area (TPSA) is 274 Å². The van der Waals surface area contributed by atoms with Crippen LogP contribution in [0.4, 0.5) is 0 Å². The van der Waals surface area contributed by atoms with E-state index in [2.05, 4.69) is 16.0 Å². The molecule has 0 bridgehead atoms. The second-order valence-electron chi connectivity index (χ2n) is 8.43. The molecular formula is C23H32N6O9. The number of primary amides is 2. The van der Waals surface area contributed by atoms with Gasteiger partial charge in [0.05, 0.1) is 12.5 Å². The molecule has 0 spiro atoms. The van der Waals surface area contributed by atoms with E-state index in [1.165, 1.54) is 0 Å². The van der Waals surface area contributed by atoms with Gasteiger partial charge < -0.3 is 43.4 Å². The van der Waals surface area contributed by atoms with Crippen LogP contribution in [0.25, 0.3) is 0 Å². The number of nitrogens with two attached hydrogens (primary N) is 3.